The highest BCUT2D eigenvalue weighted by Crippen LogP contribution is 2.28. The molecule has 0 radical (unpaired) electrons. The van der Waals surface area contributed by atoms with Crippen LogP contribution in [0.15, 0.2) is 53.1 Å². The minimum absolute atomic E-state index is 0.217. The zero-order chi connectivity index (χ0) is 18.8. The molecule has 2 heterocycles. The molecular formula is C24H27NO2. The molecule has 3 aromatic rings. The molecular weight excluding hydrogens is 334 g/mol. The Bertz CT molecular complexity index is 934. The summed E-state index contributed by atoms with van der Waals surface area (Å²) in [6, 6.07) is 14.9. The van der Waals surface area contributed by atoms with Gasteiger partial charge in [0, 0.05) is 24.0 Å². The second-order valence-electron chi connectivity index (χ2n) is 7.84. The highest BCUT2D eigenvalue weighted by molar-refractivity contribution is 5.89. The summed E-state index contributed by atoms with van der Waals surface area (Å²) in [6.07, 6.45) is 5.49. The van der Waals surface area contributed by atoms with Gasteiger partial charge in [-0.1, -0.05) is 42.5 Å². The first kappa shape index (κ1) is 17.8. The van der Waals surface area contributed by atoms with Crippen molar-refractivity contribution < 1.29 is 9.21 Å². The van der Waals surface area contributed by atoms with E-state index in [2.05, 4.69) is 56.3 Å². The zero-order valence-electron chi connectivity index (χ0n) is 16.2. The molecule has 0 saturated carbocycles. The van der Waals surface area contributed by atoms with Crippen LogP contribution in [-0.2, 0) is 17.6 Å². The van der Waals surface area contributed by atoms with Crippen LogP contribution in [0.25, 0.3) is 11.0 Å². The van der Waals surface area contributed by atoms with Gasteiger partial charge in [-0.05, 0) is 55.7 Å². The molecule has 0 spiro atoms. The van der Waals surface area contributed by atoms with Gasteiger partial charge in [-0.2, -0.15) is 0 Å². The van der Waals surface area contributed by atoms with Crippen LogP contribution < -0.4 is 0 Å². The first-order valence-electron chi connectivity index (χ1n) is 9.90. The van der Waals surface area contributed by atoms with Crippen molar-refractivity contribution >= 4 is 16.9 Å². The number of aryl methyl sites for hydroxylation is 2. The molecule has 0 atom stereocenters. The Kier molecular flexibility index (Phi) is 5.02. The average Bonchev–Trinajstić information content (AvgIpc) is 3.09. The zero-order valence-corrected chi connectivity index (χ0v) is 16.2. The van der Waals surface area contributed by atoms with Gasteiger partial charge in [-0.25, -0.2) is 0 Å². The molecule has 1 fully saturated rings. The Morgan fingerprint density at radius 3 is 2.56 bits per heavy atom. The van der Waals surface area contributed by atoms with E-state index in [1.807, 2.05) is 4.90 Å². The standard InChI is InChI=1S/C24H27NO2/c1-17-8-9-22-21(16-27-24(22)18(17)2)15-23(26)25-12-10-20(11-13-25)14-19-6-4-3-5-7-19/h3-9,16,20H,10-15H2,1-2H3. The molecule has 3 heteroatoms. The van der Waals surface area contributed by atoms with Gasteiger partial charge in [0.25, 0.3) is 0 Å². The van der Waals surface area contributed by atoms with Gasteiger partial charge in [0.2, 0.25) is 5.91 Å². The molecule has 0 unspecified atom stereocenters. The van der Waals surface area contributed by atoms with E-state index in [0.29, 0.717) is 12.3 Å². The van der Waals surface area contributed by atoms with Crippen molar-refractivity contribution in [1.29, 1.82) is 0 Å². The van der Waals surface area contributed by atoms with E-state index < -0.39 is 0 Å². The van der Waals surface area contributed by atoms with E-state index in [0.717, 1.165) is 54.4 Å². The lowest BCUT2D eigenvalue weighted by molar-refractivity contribution is -0.131. The Labute approximate surface area is 161 Å². The van der Waals surface area contributed by atoms with E-state index in [-0.39, 0.29) is 5.91 Å². The number of piperidine rings is 1. The maximum absolute atomic E-state index is 12.8. The van der Waals surface area contributed by atoms with Gasteiger partial charge >= 0.3 is 0 Å². The van der Waals surface area contributed by atoms with Crippen LogP contribution in [0.4, 0.5) is 0 Å². The molecule has 3 nitrogen and oxygen atoms in total. The molecule has 0 bridgehead atoms. The van der Waals surface area contributed by atoms with Crippen molar-refractivity contribution in [2.24, 2.45) is 5.92 Å². The first-order chi connectivity index (χ1) is 13.1. The molecule has 0 aliphatic carbocycles. The molecule has 1 aliphatic rings. The summed E-state index contributed by atoms with van der Waals surface area (Å²) >= 11 is 0. The van der Waals surface area contributed by atoms with Crippen LogP contribution >= 0.6 is 0 Å². The fourth-order valence-electron chi connectivity index (χ4n) is 4.13. The predicted molar refractivity (Wildman–Crippen MR) is 109 cm³/mol. The van der Waals surface area contributed by atoms with Crippen LogP contribution in [0, 0.1) is 19.8 Å². The summed E-state index contributed by atoms with van der Waals surface area (Å²) in [4.78, 5) is 14.8. The molecule has 4 rings (SSSR count). The van der Waals surface area contributed by atoms with Crippen LogP contribution in [0.5, 0.6) is 0 Å². The fourth-order valence-corrected chi connectivity index (χ4v) is 4.13. The molecule has 2 aromatic carbocycles. The Morgan fingerprint density at radius 2 is 1.81 bits per heavy atom. The highest BCUT2D eigenvalue weighted by Gasteiger charge is 2.24. The Balaban J connectivity index is 1.37. The summed E-state index contributed by atoms with van der Waals surface area (Å²) in [7, 11) is 0. The van der Waals surface area contributed by atoms with Crippen LogP contribution in [0.2, 0.25) is 0 Å². The lowest BCUT2D eigenvalue weighted by Gasteiger charge is -2.32. The SMILES string of the molecule is Cc1ccc2c(CC(=O)N3CCC(Cc4ccccc4)CC3)coc2c1C. The summed E-state index contributed by atoms with van der Waals surface area (Å²) in [5.41, 5.74) is 5.70. The number of carbonyl (C=O) groups excluding carboxylic acids is 1. The number of fused-ring (bicyclic) bond motifs is 1. The van der Waals surface area contributed by atoms with Gasteiger partial charge in [0.05, 0.1) is 12.7 Å². The maximum atomic E-state index is 12.8. The molecule has 27 heavy (non-hydrogen) atoms. The maximum Gasteiger partial charge on any atom is 0.227 e. The molecule has 1 amide bonds. The summed E-state index contributed by atoms with van der Waals surface area (Å²) in [6.45, 7) is 5.89. The van der Waals surface area contributed by atoms with Gasteiger partial charge in [-0.3, -0.25) is 4.79 Å². The van der Waals surface area contributed by atoms with E-state index in [1.165, 1.54) is 11.1 Å². The second kappa shape index (κ2) is 7.59. The van der Waals surface area contributed by atoms with Gasteiger partial charge in [0.1, 0.15) is 5.58 Å². The van der Waals surface area contributed by atoms with Crippen molar-refractivity contribution in [3.63, 3.8) is 0 Å². The summed E-state index contributed by atoms with van der Waals surface area (Å²) < 4.78 is 5.76. The predicted octanol–water partition coefficient (Wildman–Crippen LogP) is 5.07. The lowest BCUT2D eigenvalue weighted by Crippen LogP contribution is -2.39. The van der Waals surface area contributed by atoms with E-state index in [1.54, 1.807) is 6.26 Å². The van der Waals surface area contributed by atoms with E-state index in [9.17, 15) is 4.79 Å². The monoisotopic (exact) mass is 361 g/mol. The minimum Gasteiger partial charge on any atom is -0.464 e. The number of benzene rings is 2. The first-order valence-corrected chi connectivity index (χ1v) is 9.90. The lowest BCUT2D eigenvalue weighted by atomic mass is 9.90. The van der Waals surface area contributed by atoms with Crippen LogP contribution in [0.1, 0.15) is 35.1 Å². The number of rotatable bonds is 4. The number of furan rings is 1. The van der Waals surface area contributed by atoms with Crippen molar-refractivity contribution in [1.82, 2.24) is 4.90 Å². The largest absolute Gasteiger partial charge is 0.464 e. The van der Waals surface area contributed by atoms with E-state index >= 15 is 0 Å². The third-order valence-electron chi connectivity index (χ3n) is 6.02. The number of hydrogen-bond donors (Lipinski definition) is 0. The molecule has 1 saturated heterocycles. The van der Waals surface area contributed by atoms with Crippen molar-refractivity contribution in [3.8, 4) is 0 Å². The minimum atomic E-state index is 0.217. The molecule has 0 N–H and O–H groups in total. The number of likely N-dealkylation sites (tertiary alicyclic amines) is 1. The number of nitrogens with zero attached hydrogens (tertiary/aromatic N) is 1. The van der Waals surface area contributed by atoms with Crippen molar-refractivity contribution in [2.45, 2.75) is 39.5 Å². The third kappa shape index (κ3) is 3.78. The molecule has 1 aliphatic heterocycles. The molecule has 1 aromatic heterocycles. The number of carbonyl (C=O) groups is 1. The molecule has 140 valence electrons. The smallest absolute Gasteiger partial charge is 0.227 e. The Hall–Kier alpha value is -2.55. The summed E-state index contributed by atoms with van der Waals surface area (Å²) in [5.74, 6) is 0.894. The summed E-state index contributed by atoms with van der Waals surface area (Å²) in [5, 5.41) is 1.07. The van der Waals surface area contributed by atoms with E-state index in [4.69, 9.17) is 4.42 Å². The van der Waals surface area contributed by atoms with Crippen molar-refractivity contribution in [2.75, 3.05) is 13.1 Å². The fraction of sp³-hybridized carbons (Fsp3) is 0.375. The van der Waals surface area contributed by atoms with Crippen LogP contribution in [0.3, 0.4) is 0 Å². The quantitative estimate of drug-likeness (QED) is 0.650. The Morgan fingerprint density at radius 1 is 1.07 bits per heavy atom. The van der Waals surface area contributed by atoms with Gasteiger partial charge in [-0.15, -0.1) is 0 Å². The second-order valence-corrected chi connectivity index (χ2v) is 7.84. The topological polar surface area (TPSA) is 33.5 Å². The highest BCUT2D eigenvalue weighted by atomic mass is 16.3. The van der Waals surface area contributed by atoms with Gasteiger partial charge in [0.15, 0.2) is 0 Å². The van der Waals surface area contributed by atoms with Gasteiger partial charge < -0.3 is 9.32 Å². The number of hydrogen-bond acceptors (Lipinski definition) is 2. The number of amides is 1. The third-order valence-corrected chi connectivity index (χ3v) is 6.02. The average molecular weight is 361 g/mol. The van der Waals surface area contributed by atoms with Crippen LogP contribution in [-0.4, -0.2) is 23.9 Å². The van der Waals surface area contributed by atoms with Crippen molar-refractivity contribution in [3.05, 3.63) is 71.0 Å². The normalized spacial score (nSPS) is 15.4.